The van der Waals surface area contributed by atoms with Gasteiger partial charge in [0.2, 0.25) is 35.4 Å². The van der Waals surface area contributed by atoms with Gasteiger partial charge in [-0.3, -0.25) is 28.8 Å². The quantitative estimate of drug-likeness (QED) is 0.106. The molecular formula is C43H63N9O9. The van der Waals surface area contributed by atoms with Crippen LogP contribution >= 0.6 is 0 Å². The van der Waals surface area contributed by atoms with Crippen LogP contribution in [0.3, 0.4) is 0 Å². The Balaban J connectivity index is 2.05. The maximum Gasteiger partial charge on any atom is 0.326 e. The van der Waals surface area contributed by atoms with Crippen LogP contribution in [0.1, 0.15) is 82.8 Å². The average molecular weight is 850 g/mol. The number of urea groups is 1. The van der Waals surface area contributed by atoms with E-state index in [9.17, 15) is 43.5 Å². The Morgan fingerprint density at radius 1 is 0.852 bits per heavy atom. The van der Waals surface area contributed by atoms with E-state index in [0.29, 0.717) is 38.6 Å². The van der Waals surface area contributed by atoms with E-state index in [0.717, 1.165) is 16.0 Å². The molecule has 0 radical (unpaired) electrons. The van der Waals surface area contributed by atoms with Gasteiger partial charge < -0.3 is 53.4 Å². The SMILES string of the molecule is CC[C@@H](C)[C@@H]1NC(=O)[C@H](NC(=O)N[C@H](CCCCN)C(=O)O)CCCCNC(=O)[C@H](Cc2ccccc2)NC(=O)[C@@H](CC(N)=O)N(C)C(=O)[C@H](CCc2ccccc2)NC1=O. The lowest BCUT2D eigenvalue weighted by Crippen LogP contribution is -2.61. The van der Waals surface area contributed by atoms with Gasteiger partial charge in [-0.25, -0.2) is 9.59 Å². The van der Waals surface area contributed by atoms with E-state index in [4.69, 9.17) is 11.5 Å². The van der Waals surface area contributed by atoms with Gasteiger partial charge in [-0.05, 0) is 75.0 Å². The van der Waals surface area contributed by atoms with Crippen molar-refractivity contribution in [2.24, 2.45) is 17.4 Å². The Kier molecular flexibility index (Phi) is 20.7. The zero-order valence-corrected chi connectivity index (χ0v) is 35.3. The highest BCUT2D eigenvalue weighted by molar-refractivity contribution is 5.98. The van der Waals surface area contributed by atoms with E-state index >= 15 is 0 Å². The first-order chi connectivity index (χ1) is 29.1. The third-order valence-electron chi connectivity index (χ3n) is 10.8. The lowest BCUT2D eigenvalue weighted by molar-refractivity contribution is -0.144. The van der Waals surface area contributed by atoms with Crippen LogP contribution in [-0.2, 0) is 46.4 Å². The molecule has 7 atom stereocenters. The lowest BCUT2D eigenvalue weighted by Gasteiger charge is -2.33. The number of nitrogens with one attached hydrogen (secondary N) is 6. The molecule has 1 aliphatic rings. The van der Waals surface area contributed by atoms with Crippen LogP contribution in [-0.4, -0.2) is 114 Å². The summed E-state index contributed by atoms with van der Waals surface area (Å²) in [5.41, 5.74) is 12.7. The highest BCUT2D eigenvalue weighted by atomic mass is 16.4. The second-order valence-electron chi connectivity index (χ2n) is 15.5. The molecule has 1 heterocycles. The van der Waals surface area contributed by atoms with E-state index in [-0.39, 0.29) is 38.6 Å². The zero-order chi connectivity index (χ0) is 44.9. The maximum atomic E-state index is 14.4. The van der Waals surface area contributed by atoms with E-state index in [1.807, 2.05) is 37.3 Å². The normalized spacial score (nSPS) is 22.1. The van der Waals surface area contributed by atoms with Gasteiger partial charge in [0.1, 0.15) is 36.3 Å². The van der Waals surface area contributed by atoms with Crippen LogP contribution in [0.25, 0.3) is 0 Å². The number of carboxylic acid groups (broad SMARTS) is 1. The highest BCUT2D eigenvalue weighted by Gasteiger charge is 2.37. The fraction of sp³-hybridized carbons (Fsp3) is 0.535. The van der Waals surface area contributed by atoms with Crippen molar-refractivity contribution < 1.29 is 43.5 Å². The zero-order valence-electron chi connectivity index (χ0n) is 35.3. The van der Waals surface area contributed by atoms with Crippen LogP contribution in [0.2, 0.25) is 0 Å². The van der Waals surface area contributed by atoms with Gasteiger partial charge in [0.25, 0.3) is 0 Å². The number of nitrogens with zero attached hydrogens (tertiary/aromatic N) is 1. The predicted octanol–water partition coefficient (Wildman–Crippen LogP) is 0.615. The molecule has 2 aromatic rings. The average Bonchev–Trinajstić information content (AvgIpc) is 3.24. The number of benzene rings is 2. The number of amides is 8. The second-order valence-corrected chi connectivity index (χ2v) is 15.5. The maximum absolute atomic E-state index is 14.4. The van der Waals surface area contributed by atoms with Gasteiger partial charge >= 0.3 is 12.0 Å². The molecule has 0 bridgehead atoms. The van der Waals surface area contributed by atoms with Gasteiger partial charge in [0.15, 0.2) is 0 Å². The molecule has 2 aromatic carbocycles. The number of primary amides is 1. The summed E-state index contributed by atoms with van der Waals surface area (Å²) >= 11 is 0. The molecule has 18 nitrogen and oxygen atoms in total. The molecule has 8 amide bonds. The first-order valence-electron chi connectivity index (χ1n) is 21.0. The number of rotatable bonds is 16. The Morgan fingerprint density at radius 2 is 1.49 bits per heavy atom. The van der Waals surface area contributed by atoms with Gasteiger partial charge in [-0.2, -0.15) is 0 Å². The molecule has 1 aliphatic heterocycles. The fourth-order valence-corrected chi connectivity index (χ4v) is 6.94. The molecule has 0 aromatic heterocycles. The standard InChI is InChI=1S/C43H63N9O9/c1-4-27(2)36-40(57)47-31(22-21-28-15-7-5-8-16-28)41(58)52(3)34(26-35(45)53)39(56)48-33(25-29-17-9-6-10-18-29)37(54)46-24-14-12-19-30(38(55)51-36)49-43(61)50-32(42(59)60)20-11-13-23-44/h5-10,15-18,27,30-34,36H,4,11-14,19-26,44H2,1-3H3,(H2,45,53)(H,46,54)(H,47,57)(H,48,56)(H,51,55)(H,59,60)(H2,49,50,61)/t27-,30-,31+,32-,33+,34-,36+/m1/s1. The molecule has 0 aliphatic carbocycles. The minimum atomic E-state index is -1.46. The summed E-state index contributed by atoms with van der Waals surface area (Å²) in [6, 6.07) is 9.66. The third kappa shape index (κ3) is 16.5. The molecule has 11 N–H and O–H groups in total. The van der Waals surface area contributed by atoms with Crippen LogP contribution in [0.4, 0.5) is 4.79 Å². The molecular weight excluding hydrogens is 787 g/mol. The number of carbonyl (C=O) groups is 8. The smallest absolute Gasteiger partial charge is 0.326 e. The Hall–Kier alpha value is -6.04. The summed E-state index contributed by atoms with van der Waals surface area (Å²) < 4.78 is 0. The number of nitrogens with two attached hydrogens (primary N) is 2. The van der Waals surface area contributed by atoms with Crippen molar-refractivity contribution in [3.05, 3.63) is 71.8 Å². The van der Waals surface area contributed by atoms with Crippen molar-refractivity contribution in [3.8, 4) is 0 Å². The second kappa shape index (κ2) is 25.6. The first-order valence-corrected chi connectivity index (χ1v) is 21.0. The molecule has 61 heavy (non-hydrogen) atoms. The van der Waals surface area contributed by atoms with Crippen LogP contribution in [0.15, 0.2) is 60.7 Å². The number of carbonyl (C=O) groups excluding carboxylic acids is 7. The molecule has 18 heteroatoms. The number of carboxylic acids is 1. The lowest BCUT2D eigenvalue weighted by atomic mass is 9.96. The first kappa shape index (κ1) is 49.3. The van der Waals surface area contributed by atoms with Crippen molar-refractivity contribution in [1.82, 2.24) is 36.8 Å². The number of aliphatic carboxylic acids is 1. The number of likely N-dealkylation sites (N-methyl/N-ethyl adjacent to an activating group) is 1. The number of aryl methyl sites for hydroxylation is 1. The van der Waals surface area contributed by atoms with Crippen molar-refractivity contribution in [1.29, 1.82) is 0 Å². The van der Waals surface area contributed by atoms with Crippen molar-refractivity contribution in [2.75, 3.05) is 20.1 Å². The molecule has 334 valence electrons. The molecule has 0 spiro atoms. The number of hydrogen-bond acceptors (Lipinski definition) is 9. The largest absolute Gasteiger partial charge is 0.480 e. The van der Waals surface area contributed by atoms with Gasteiger partial charge in [0, 0.05) is 20.0 Å². The number of unbranched alkanes of at least 4 members (excludes halogenated alkanes) is 1. The molecule has 0 unspecified atom stereocenters. The van der Waals surface area contributed by atoms with Gasteiger partial charge in [0.05, 0.1) is 6.42 Å². The summed E-state index contributed by atoms with van der Waals surface area (Å²) in [7, 11) is 1.31. The van der Waals surface area contributed by atoms with Gasteiger partial charge in [-0.1, -0.05) is 80.9 Å². The summed E-state index contributed by atoms with van der Waals surface area (Å²) in [6.07, 6.45) is 2.05. The monoisotopic (exact) mass is 849 g/mol. The van der Waals surface area contributed by atoms with Crippen molar-refractivity contribution in [2.45, 2.75) is 121 Å². The van der Waals surface area contributed by atoms with E-state index in [2.05, 4.69) is 31.9 Å². The number of hydrogen-bond donors (Lipinski definition) is 9. The fourth-order valence-electron chi connectivity index (χ4n) is 6.94. The minimum absolute atomic E-state index is 0.0385. The minimum Gasteiger partial charge on any atom is -0.480 e. The summed E-state index contributed by atoms with van der Waals surface area (Å²) in [6.45, 7) is 4.01. The molecule has 1 fully saturated rings. The van der Waals surface area contributed by atoms with Crippen LogP contribution in [0.5, 0.6) is 0 Å². The van der Waals surface area contributed by atoms with Crippen molar-refractivity contribution in [3.63, 3.8) is 0 Å². The van der Waals surface area contributed by atoms with E-state index in [1.54, 1.807) is 37.3 Å². The third-order valence-corrected chi connectivity index (χ3v) is 10.8. The summed E-state index contributed by atoms with van der Waals surface area (Å²) in [5.74, 6) is -6.12. The summed E-state index contributed by atoms with van der Waals surface area (Å²) in [4.78, 5) is 109. The van der Waals surface area contributed by atoms with E-state index < -0.39 is 96.0 Å². The van der Waals surface area contributed by atoms with Crippen LogP contribution < -0.4 is 43.4 Å². The Bertz CT molecular complexity index is 1780. The van der Waals surface area contributed by atoms with Crippen molar-refractivity contribution >= 4 is 47.4 Å². The molecule has 3 rings (SSSR count). The van der Waals surface area contributed by atoms with E-state index in [1.165, 1.54) is 7.05 Å². The Morgan fingerprint density at radius 3 is 2.10 bits per heavy atom. The molecule has 1 saturated heterocycles. The topological polar surface area (TPSA) is 284 Å². The van der Waals surface area contributed by atoms with Crippen LogP contribution in [0, 0.1) is 5.92 Å². The van der Waals surface area contributed by atoms with Gasteiger partial charge in [-0.15, -0.1) is 0 Å². The Labute approximate surface area is 357 Å². The molecule has 0 saturated carbocycles. The highest BCUT2D eigenvalue weighted by Crippen LogP contribution is 2.16. The summed E-state index contributed by atoms with van der Waals surface area (Å²) in [5, 5.41) is 25.8. The predicted molar refractivity (Wildman–Crippen MR) is 227 cm³/mol.